The molecule has 1 atom stereocenters. The fourth-order valence-corrected chi connectivity index (χ4v) is 1.56. The highest BCUT2D eigenvalue weighted by atomic mass is 32.1. The molecule has 0 aliphatic heterocycles. The molecule has 0 saturated heterocycles. The van der Waals surface area contributed by atoms with Crippen LogP contribution in [0.25, 0.3) is 0 Å². The van der Waals surface area contributed by atoms with Gasteiger partial charge in [0.2, 0.25) is 0 Å². The number of rotatable bonds is 4. The van der Waals surface area contributed by atoms with E-state index in [0.717, 1.165) is 5.69 Å². The van der Waals surface area contributed by atoms with E-state index < -0.39 is 0 Å². The summed E-state index contributed by atoms with van der Waals surface area (Å²) in [5, 5.41) is 4.80. The van der Waals surface area contributed by atoms with Crippen LogP contribution in [-0.2, 0) is 16.0 Å². The third-order valence-corrected chi connectivity index (χ3v) is 2.37. The number of likely N-dealkylation sites (N-methyl/N-ethyl adjacent to an activating group) is 1. The van der Waals surface area contributed by atoms with Gasteiger partial charge in [-0.25, -0.2) is 4.98 Å². The van der Waals surface area contributed by atoms with Crippen molar-refractivity contribution in [2.24, 2.45) is 0 Å². The maximum atomic E-state index is 11.2. The zero-order valence-electron chi connectivity index (χ0n) is 7.61. The lowest BCUT2D eigenvalue weighted by molar-refractivity contribution is -0.142. The molecule has 0 aliphatic carbocycles. The highest BCUT2D eigenvalue weighted by Crippen LogP contribution is 2.04. The second kappa shape index (κ2) is 4.94. The van der Waals surface area contributed by atoms with Gasteiger partial charge in [0.15, 0.2) is 0 Å². The Balaban J connectivity index is 2.54. The molecule has 0 saturated carbocycles. The smallest absolute Gasteiger partial charge is 0.323 e. The highest BCUT2D eigenvalue weighted by molar-refractivity contribution is 7.07. The largest absolute Gasteiger partial charge is 0.468 e. The van der Waals surface area contributed by atoms with Gasteiger partial charge in [-0.2, -0.15) is 0 Å². The Kier molecular flexibility index (Phi) is 3.85. The van der Waals surface area contributed by atoms with Gasteiger partial charge in [0.1, 0.15) is 6.04 Å². The molecule has 1 rings (SSSR count). The van der Waals surface area contributed by atoms with E-state index in [4.69, 9.17) is 0 Å². The number of hydrogen-bond donors (Lipinski definition) is 1. The summed E-state index contributed by atoms with van der Waals surface area (Å²) in [6.45, 7) is 0. The molecule has 72 valence electrons. The lowest BCUT2D eigenvalue weighted by atomic mass is 10.2. The topological polar surface area (TPSA) is 51.2 Å². The third kappa shape index (κ3) is 2.78. The van der Waals surface area contributed by atoms with E-state index in [1.165, 1.54) is 18.4 Å². The molecule has 0 spiro atoms. The van der Waals surface area contributed by atoms with Gasteiger partial charge >= 0.3 is 5.97 Å². The first-order valence-electron chi connectivity index (χ1n) is 3.90. The molecule has 1 aromatic rings. The zero-order chi connectivity index (χ0) is 9.68. The lowest BCUT2D eigenvalue weighted by Crippen LogP contribution is -2.36. The van der Waals surface area contributed by atoms with E-state index in [9.17, 15) is 4.79 Å². The van der Waals surface area contributed by atoms with Crippen LogP contribution in [0.5, 0.6) is 0 Å². The maximum Gasteiger partial charge on any atom is 0.323 e. The van der Waals surface area contributed by atoms with Crippen LogP contribution in [0.3, 0.4) is 0 Å². The molecule has 1 unspecified atom stereocenters. The summed E-state index contributed by atoms with van der Waals surface area (Å²) in [6, 6.07) is -0.299. The van der Waals surface area contributed by atoms with Crippen LogP contribution in [0, 0.1) is 0 Å². The van der Waals surface area contributed by atoms with Crippen LogP contribution < -0.4 is 5.32 Å². The summed E-state index contributed by atoms with van der Waals surface area (Å²) in [5.41, 5.74) is 2.66. The number of methoxy groups -OCH3 is 1. The minimum absolute atomic E-state index is 0.254. The third-order valence-electron chi connectivity index (χ3n) is 1.73. The molecule has 1 aromatic heterocycles. The van der Waals surface area contributed by atoms with E-state index in [1.54, 1.807) is 12.6 Å². The van der Waals surface area contributed by atoms with Crippen LogP contribution in [0.1, 0.15) is 5.69 Å². The maximum absolute atomic E-state index is 11.2. The van der Waals surface area contributed by atoms with Gasteiger partial charge in [-0.15, -0.1) is 11.3 Å². The number of nitrogens with one attached hydrogen (secondary N) is 1. The number of ether oxygens (including phenoxy) is 1. The van der Waals surface area contributed by atoms with Gasteiger partial charge in [0.05, 0.1) is 18.3 Å². The first kappa shape index (κ1) is 10.1. The minimum Gasteiger partial charge on any atom is -0.468 e. The molecule has 0 bridgehead atoms. The van der Waals surface area contributed by atoms with E-state index in [1.807, 2.05) is 5.38 Å². The fourth-order valence-electron chi connectivity index (χ4n) is 0.993. The predicted octanol–water partition coefficient (Wildman–Crippen LogP) is 0.447. The summed E-state index contributed by atoms with van der Waals surface area (Å²) < 4.78 is 4.63. The van der Waals surface area contributed by atoms with E-state index >= 15 is 0 Å². The molecule has 1 heterocycles. The van der Waals surface area contributed by atoms with Gasteiger partial charge in [-0.05, 0) is 7.05 Å². The Morgan fingerprint density at radius 3 is 3.08 bits per heavy atom. The molecular formula is C8H12N2O2S. The first-order valence-corrected chi connectivity index (χ1v) is 4.84. The Bertz CT molecular complexity index is 261. The molecule has 0 fully saturated rings. The van der Waals surface area contributed by atoms with E-state index in [2.05, 4.69) is 15.0 Å². The van der Waals surface area contributed by atoms with Gasteiger partial charge in [-0.1, -0.05) is 0 Å². The Morgan fingerprint density at radius 1 is 1.85 bits per heavy atom. The van der Waals surface area contributed by atoms with Crippen molar-refractivity contribution in [1.29, 1.82) is 0 Å². The second-order valence-electron chi connectivity index (χ2n) is 2.55. The zero-order valence-corrected chi connectivity index (χ0v) is 8.43. The van der Waals surface area contributed by atoms with E-state index in [0.29, 0.717) is 6.42 Å². The van der Waals surface area contributed by atoms with Crippen LogP contribution in [0.15, 0.2) is 10.9 Å². The second-order valence-corrected chi connectivity index (χ2v) is 3.27. The predicted molar refractivity (Wildman–Crippen MR) is 50.7 cm³/mol. The Hall–Kier alpha value is -0.940. The number of carbonyl (C=O) groups is 1. The number of nitrogens with zero attached hydrogens (tertiary/aromatic N) is 1. The molecule has 4 nitrogen and oxygen atoms in total. The molecule has 5 heteroatoms. The summed E-state index contributed by atoms with van der Waals surface area (Å²) >= 11 is 1.52. The molecule has 0 amide bonds. The summed E-state index contributed by atoms with van der Waals surface area (Å²) in [5.74, 6) is -0.254. The molecule has 13 heavy (non-hydrogen) atoms. The van der Waals surface area contributed by atoms with Crippen LogP contribution in [-0.4, -0.2) is 31.2 Å². The van der Waals surface area contributed by atoms with E-state index in [-0.39, 0.29) is 12.0 Å². The number of hydrogen-bond acceptors (Lipinski definition) is 5. The first-order chi connectivity index (χ1) is 6.27. The fraction of sp³-hybridized carbons (Fsp3) is 0.500. The number of aromatic nitrogens is 1. The normalized spacial score (nSPS) is 12.5. The average molecular weight is 200 g/mol. The minimum atomic E-state index is -0.299. The molecule has 0 radical (unpaired) electrons. The monoisotopic (exact) mass is 200 g/mol. The summed E-state index contributed by atoms with van der Waals surface area (Å²) in [7, 11) is 3.11. The van der Waals surface area contributed by atoms with Gasteiger partial charge in [0, 0.05) is 11.8 Å². The Morgan fingerprint density at radius 2 is 2.62 bits per heavy atom. The molecule has 1 N–H and O–H groups in total. The number of carbonyl (C=O) groups excluding carboxylic acids is 1. The molecule has 0 aromatic carbocycles. The van der Waals surface area contributed by atoms with Crippen molar-refractivity contribution >= 4 is 17.3 Å². The summed E-state index contributed by atoms with van der Waals surface area (Å²) in [6.07, 6.45) is 0.576. The number of thiazole rings is 1. The SMILES string of the molecule is CNC(Cc1cscn1)C(=O)OC. The van der Waals surface area contributed by atoms with Gasteiger partial charge in [0.25, 0.3) is 0 Å². The molecule has 0 aliphatic rings. The Labute approximate surface area is 80.9 Å². The van der Waals surface area contributed by atoms with Crippen molar-refractivity contribution in [2.75, 3.05) is 14.2 Å². The van der Waals surface area contributed by atoms with Crippen LogP contribution in [0.2, 0.25) is 0 Å². The van der Waals surface area contributed by atoms with Crippen molar-refractivity contribution in [3.8, 4) is 0 Å². The van der Waals surface area contributed by atoms with Crippen molar-refractivity contribution in [3.63, 3.8) is 0 Å². The van der Waals surface area contributed by atoms with Crippen LogP contribution >= 0.6 is 11.3 Å². The lowest BCUT2D eigenvalue weighted by Gasteiger charge is -2.11. The van der Waals surface area contributed by atoms with Crippen molar-refractivity contribution in [3.05, 3.63) is 16.6 Å². The summed E-state index contributed by atoms with van der Waals surface area (Å²) in [4.78, 5) is 15.3. The quantitative estimate of drug-likeness (QED) is 0.717. The highest BCUT2D eigenvalue weighted by Gasteiger charge is 2.17. The van der Waals surface area contributed by atoms with Crippen molar-refractivity contribution < 1.29 is 9.53 Å². The average Bonchev–Trinajstić information content (AvgIpc) is 2.65. The molecular weight excluding hydrogens is 188 g/mol. The van der Waals surface area contributed by atoms with Gasteiger partial charge < -0.3 is 10.1 Å². The van der Waals surface area contributed by atoms with Crippen LogP contribution in [0.4, 0.5) is 0 Å². The van der Waals surface area contributed by atoms with Crippen molar-refractivity contribution in [1.82, 2.24) is 10.3 Å². The number of esters is 1. The van der Waals surface area contributed by atoms with Gasteiger partial charge in [-0.3, -0.25) is 4.79 Å². The van der Waals surface area contributed by atoms with Crippen molar-refractivity contribution in [2.45, 2.75) is 12.5 Å². The standard InChI is InChI=1S/C8H12N2O2S/c1-9-7(8(11)12-2)3-6-4-13-5-10-6/h4-5,7,9H,3H2,1-2H3.